The predicted octanol–water partition coefficient (Wildman–Crippen LogP) is 4.89. The summed E-state index contributed by atoms with van der Waals surface area (Å²) < 4.78 is 28.5. The minimum atomic E-state index is -3.85. The first-order valence-electron chi connectivity index (χ1n) is 11.5. The molecule has 2 N–H and O–H groups in total. The van der Waals surface area contributed by atoms with Crippen LogP contribution in [0.3, 0.4) is 0 Å². The van der Waals surface area contributed by atoms with Crippen molar-refractivity contribution in [2.45, 2.75) is 63.4 Å². The van der Waals surface area contributed by atoms with E-state index in [2.05, 4.69) is 42.1 Å². The number of nitrogens with zero attached hydrogens (tertiary/aromatic N) is 3. The fourth-order valence-electron chi connectivity index (χ4n) is 3.63. The molecule has 3 aromatic heterocycles. The van der Waals surface area contributed by atoms with Crippen LogP contribution >= 0.6 is 11.3 Å². The Morgan fingerprint density at radius 3 is 2.63 bits per heavy atom. The quantitative estimate of drug-likeness (QED) is 0.332. The molecular weight excluding hydrogens is 484 g/mol. The number of sulfonamides is 1. The number of nitrogens with one attached hydrogen (secondary N) is 1. The molecule has 0 spiro atoms. The Kier molecular flexibility index (Phi) is 8.98. The maximum Gasteiger partial charge on any atom is 0.322 e. The van der Waals surface area contributed by atoms with Gasteiger partial charge in [-0.1, -0.05) is 39.7 Å². The van der Waals surface area contributed by atoms with Gasteiger partial charge in [-0.2, -0.15) is 4.31 Å². The second kappa shape index (κ2) is 11.7. The Morgan fingerprint density at radius 2 is 1.94 bits per heavy atom. The average molecular weight is 517 g/mol. The Morgan fingerprint density at radius 1 is 1.14 bits per heavy atom. The predicted molar refractivity (Wildman–Crippen MR) is 138 cm³/mol. The van der Waals surface area contributed by atoms with Gasteiger partial charge in [0, 0.05) is 28.7 Å². The first-order valence-corrected chi connectivity index (χ1v) is 13.8. The zero-order valence-corrected chi connectivity index (χ0v) is 21.9. The highest BCUT2D eigenvalue weighted by molar-refractivity contribution is 7.89. The zero-order valence-electron chi connectivity index (χ0n) is 20.3. The summed E-state index contributed by atoms with van der Waals surface area (Å²) in [6.07, 6.45) is 6.22. The third kappa shape index (κ3) is 7.33. The molecule has 0 radical (unpaired) electrons. The molecule has 0 saturated heterocycles. The van der Waals surface area contributed by atoms with Gasteiger partial charge in [0.1, 0.15) is 17.3 Å². The number of thiophene rings is 1. The van der Waals surface area contributed by atoms with E-state index in [1.54, 1.807) is 35.6 Å². The maximum absolute atomic E-state index is 13.6. The summed E-state index contributed by atoms with van der Waals surface area (Å²) in [6, 6.07) is 12.3. The topological polar surface area (TPSA) is 112 Å². The molecule has 3 heterocycles. The SMILES string of the molecule is CCCCC(C)(C)c1ccc(CN(Cc2cccc(NCC(=O)O)n2)S(=O)(=O)c2cccnc2)s1. The van der Waals surface area contributed by atoms with Gasteiger partial charge >= 0.3 is 5.97 Å². The lowest BCUT2D eigenvalue weighted by Crippen LogP contribution is -2.30. The van der Waals surface area contributed by atoms with E-state index in [9.17, 15) is 13.2 Å². The normalized spacial score (nSPS) is 12.1. The molecule has 0 aliphatic carbocycles. The van der Waals surface area contributed by atoms with Crippen molar-refractivity contribution in [3.8, 4) is 0 Å². The van der Waals surface area contributed by atoms with Crippen LogP contribution in [-0.4, -0.2) is 40.3 Å². The van der Waals surface area contributed by atoms with Crippen LogP contribution in [0.25, 0.3) is 0 Å². The van der Waals surface area contributed by atoms with Gasteiger partial charge in [-0.25, -0.2) is 13.4 Å². The lowest BCUT2D eigenvalue weighted by atomic mass is 9.86. The summed E-state index contributed by atoms with van der Waals surface area (Å²) in [5, 5.41) is 11.6. The Bertz CT molecular complexity index is 1230. The van der Waals surface area contributed by atoms with Crippen molar-refractivity contribution in [3.63, 3.8) is 0 Å². The van der Waals surface area contributed by atoms with Gasteiger partial charge < -0.3 is 10.4 Å². The van der Waals surface area contributed by atoms with Crippen LogP contribution < -0.4 is 5.32 Å². The van der Waals surface area contributed by atoms with Crippen molar-refractivity contribution < 1.29 is 18.3 Å². The van der Waals surface area contributed by atoms with Gasteiger partial charge in [-0.15, -0.1) is 11.3 Å². The van der Waals surface area contributed by atoms with Crippen LogP contribution in [0, 0.1) is 0 Å². The largest absolute Gasteiger partial charge is 0.480 e. The summed E-state index contributed by atoms with van der Waals surface area (Å²) in [7, 11) is -3.85. The van der Waals surface area contributed by atoms with Crippen molar-refractivity contribution >= 4 is 33.1 Å². The smallest absolute Gasteiger partial charge is 0.322 e. The van der Waals surface area contributed by atoms with Gasteiger partial charge in [0.25, 0.3) is 0 Å². The summed E-state index contributed by atoms with van der Waals surface area (Å²) in [4.78, 5) is 21.6. The lowest BCUT2D eigenvalue weighted by Gasteiger charge is -2.23. The Labute approximate surface area is 211 Å². The number of hydrogen-bond acceptors (Lipinski definition) is 7. The van der Waals surface area contributed by atoms with Gasteiger partial charge in [0.2, 0.25) is 10.0 Å². The Hall–Kier alpha value is -2.82. The van der Waals surface area contributed by atoms with E-state index in [4.69, 9.17) is 5.11 Å². The van der Waals surface area contributed by atoms with E-state index >= 15 is 0 Å². The monoisotopic (exact) mass is 516 g/mol. The molecule has 0 unspecified atom stereocenters. The minimum absolute atomic E-state index is 0.0255. The molecule has 35 heavy (non-hydrogen) atoms. The van der Waals surface area contributed by atoms with Gasteiger partial charge in [-0.05, 0) is 48.2 Å². The van der Waals surface area contributed by atoms with E-state index in [1.165, 1.54) is 27.6 Å². The van der Waals surface area contributed by atoms with Gasteiger partial charge in [-0.3, -0.25) is 9.78 Å². The van der Waals surface area contributed by atoms with E-state index in [0.717, 1.165) is 24.1 Å². The number of aliphatic carboxylic acids is 1. The molecule has 0 aliphatic rings. The third-order valence-electron chi connectivity index (χ3n) is 5.65. The highest BCUT2D eigenvalue weighted by Crippen LogP contribution is 2.35. The molecule has 3 rings (SSSR count). The van der Waals surface area contributed by atoms with Gasteiger partial charge in [0.15, 0.2) is 0 Å². The number of pyridine rings is 2. The first-order chi connectivity index (χ1) is 16.6. The average Bonchev–Trinajstić information content (AvgIpc) is 3.32. The number of carbonyl (C=O) groups is 1. The lowest BCUT2D eigenvalue weighted by molar-refractivity contribution is -0.134. The summed E-state index contributed by atoms with van der Waals surface area (Å²) in [5.41, 5.74) is 0.533. The molecule has 188 valence electrons. The van der Waals surface area contributed by atoms with Crippen LogP contribution in [0.1, 0.15) is 55.5 Å². The van der Waals surface area contributed by atoms with Crippen LogP contribution in [0.15, 0.2) is 59.8 Å². The van der Waals surface area contributed by atoms with Crippen LogP contribution in [-0.2, 0) is 33.3 Å². The minimum Gasteiger partial charge on any atom is -0.480 e. The van der Waals surface area contributed by atoms with Crippen molar-refractivity contribution in [1.82, 2.24) is 14.3 Å². The van der Waals surface area contributed by atoms with Crippen molar-refractivity contribution in [1.29, 1.82) is 0 Å². The molecule has 3 aromatic rings. The number of carboxylic acid groups (broad SMARTS) is 1. The number of rotatable bonds is 13. The molecule has 8 nitrogen and oxygen atoms in total. The molecule has 0 bridgehead atoms. The van der Waals surface area contributed by atoms with Crippen LogP contribution in [0.2, 0.25) is 0 Å². The molecule has 0 atom stereocenters. The standard InChI is InChI=1S/C25H32N4O4S2/c1-4-5-13-25(2,3)22-12-11-20(34-22)18-29(35(32,33)21-9-7-14-26-15-21)17-19-8-6-10-23(28-19)27-16-24(30)31/h6-12,14-15H,4-5,13,16-18H2,1-3H3,(H,27,28)(H,30,31). The molecule has 0 aromatic carbocycles. The van der Waals surface area contributed by atoms with E-state index in [1.807, 2.05) is 6.07 Å². The second-order valence-corrected chi connectivity index (χ2v) is 12.1. The Balaban J connectivity index is 1.89. The summed E-state index contributed by atoms with van der Waals surface area (Å²) >= 11 is 1.64. The molecule has 10 heteroatoms. The molecular formula is C25H32N4O4S2. The molecule has 0 aliphatic heterocycles. The maximum atomic E-state index is 13.6. The van der Waals surface area contributed by atoms with E-state index in [-0.39, 0.29) is 29.9 Å². The van der Waals surface area contributed by atoms with E-state index < -0.39 is 16.0 Å². The van der Waals surface area contributed by atoms with Crippen molar-refractivity contribution in [2.75, 3.05) is 11.9 Å². The zero-order chi connectivity index (χ0) is 25.5. The van der Waals surface area contributed by atoms with Crippen LogP contribution in [0.5, 0.6) is 0 Å². The highest BCUT2D eigenvalue weighted by atomic mass is 32.2. The van der Waals surface area contributed by atoms with E-state index in [0.29, 0.717) is 11.5 Å². The molecule has 0 amide bonds. The number of hydrogen-bond donors (Lipinski definition) is 2. The summed E-state index contributed by atoms with van der Waals surface area (Å²) in [6.45, 7) is 6.58. The fraction of sp³-hybridized carbons (Fsp3) is 0.400. The number of aromatic nitrogens is 2. The summed E-state index contributed by atoms with van der Waals surface area (Å²) in [5.74, 6) is -0.631. The third-order valence-corrected chi connectivity index (χ3v) is 8.87. The van der Waals surface area contributed by atoms with Crippen molar-refractivity contribution in [3.05, 3.63) is 70.3 Å². The highest BCUT2D eigenvalue weighted by Gasteiger charge is 2.28. The fourth-order valence-corrected chi connectivity index (χ4v) is 6.22. The van der Waals surface area contributed by atoms with Crippen molar-refractivity contribution in [2.24, 2.45) is 0 Å². The van der Waals surface area contributed by atoms with Crippen LogP contribution in [0.4, 0.5) is 5.82 Å². The molecule has 0 fully saturated rings. The number of unbranched alkanes of at least 4 members (excludes halogenated alkanes) is 1. The van der Waals surface area contributed by atoms with Gasteiger partial charge in [0.05, 0.1) is 12.2 Å². The second-order valence-electron chi connectivity index (χ2n) is 8.98. The number of carboxylic acids is 1. The first kappa shape index (κ1) is 26.8. The number of anilines is 1. The molecule has 0 saturated carbocycles.